The maximum atomic E-state index is 11.6. The summed E-state index contributed by atoms with van der Waals surface area (Å²) in [7, 11) is 0. The summed E-state index contributed by atoms with van der Waals surface area (Å²) >= 11 is 0. The average Bonchev–Trinajstić information content (AvgIpc) is 3.62. The van der Waals surface area contributed by atoms with E-state index in [0.29, 0.717) is 36.9 Å². The zero-order chi connectivity index (χ0) is 25.1. The predicted octanol–water partition coefficient (Wildman–Crippen LogP) is 3.86. The summed E-state index contributed by atoms with van der Waals surface area (Å²) in [5, 5.41) is 0. The van der Waals surface area contributed by atoms with Gasteiger partial charge in [0.2, 0.25) is 0 Å². The lowest BCUT2D eigenvalue weighted by Crippen LogP contribution is -2.26. The number of likely N-dealkylation sites (tertiary alicyclic amines) is 2. The Bertz CT molecular complexity index is 922. The van der Waals surface area contributed by atoms with E-state index in [9.17, 15) is 9.59 Å². The third-order valence-corrected chi connectivity index (χ3v) is 8.15. The minimum absolute atomic E-state index is 0.0202. The molecule has 0 aromatic heterocycles. The summed E-state index contributed by atoms with van der Waals surface area (Å²) in [5.74, 6) is 2.62. The molecule has 2 saturated heterocycles. The molecule has 6 rings (SSSR count). The van der Waals surface area contributed by atoms with Crippen molar-refractivity contribution in [1.29, 1.82) is 0 Å². The lowest BCUT2D eigenvalue weighted by Gasteiger charge is -2.19. The van der Waals surface area contributed by atoms with Crippen LogP contribution in [-0.4, -0.2) is 61.1 Å². The Hall–Kier alpha value is -2.70. The van der Waals surface area contributed by atoms with Gasteiger partial charge in [0.25, 0.3) is 0 Å². The molecule has 2 aromatic carbocycles. The fourth-order valence-electron chi connectivity index (χ4n) is 6.35. The second kappa shape index (κ2) is 11.1. The summed E-state index contributed by atoms with van der Waals surface area (Å²) < 4.78 is 10.2. The summed E-state index contributed by atoms with van der Waals surface area (Å²) in [6.07, 6.45) is 0. The van der Waals surface area contributed by atoms with Crippen molar-refractivity contribution in [3.05, 3.63) is 71.8 Å². The van der Waals surface area contributed by atoms with Crippen molar-refractivity contribution in [2.45, 2.75) is 26.9 Å². The van der Waals surface area contributed by atoms with E-state index in [2.05, 4.69) is 58.3 Å². The van der Waals surface area contributed by atoms with E-state index < -0.39 is 0 Å². The van der Waals surface area contributed by atoms with Crippen LogP contribution >= 0.6 is 0 Å². The van der Waals surface area contributed by atoms with Crippen LogP contribution in [0.3, 0.4) is 0 Å². The van der Waals surface area contributed by atoms with Gasteiger partial charge in [-0.05, 0) is 48.6 Å². The van der Waals surface area contributed by atoms with Crippen LogP contribution in [0.15, 0.2) is 60.7 Å². The molecule has 6 nitrogen and oxygen atoms in total. The van der Waals surface area contributed by atoms with Crippen LogP contribution in [0.4, 0.5) is 0 Å². The molecule has 2 aliphatic heterocycles. The van der Waals surface area contributed by atoms with Gasteiger partial charge in [-0.3, -0.25) is 19.4 Å². The van der Waals surface area contributed by atoms with E-state index in [0.717, 1.165) is 39.3 Å². The molecule has 0 radical (unpaired) electrons. The number of rotatable bonds is 8. The fourth-order valence-corrected chi connectivity index (χ4v) is 6.35. The van der Waals surface area contributed by atoms with E-state index in [4.69, 9.17) is 9.47 Å². The van der Waals surface area contributed by atoms with Crippen LogP contribution in [0, 0.1) is 35.5 Å². The first-order valence-corrected chi connectivity index (χ1v) is 13.4. The zero-order valence-corrected chi connectivity index (χ0v) is 21.4. The highest BCUT2D eigenvalue weighted by Gasteiger charge is 2.60. The molecular formula is C30H38N2O4. The first-order valence-electron chi connectivity index (χ1n) is 13.4. The Balaban J connectivity index is 0.000000148. The summed E-state index contributed by atoms with van der Waals surface area (Å²) in [6.45, 7) is 10.9. The number of ether oxygens (including phenoxy) is 2. The van der Waals surface area contributed by atoms with E-state index in [1.807, 2.05) is 26.0 Å². The smallest absolute Gasteiger partial charge is 0.309 e. The van der Waals surface area contributed by atoms with Gasteiger partial charge in [-0.15, -0.1) is 0 Å². The highest BCUT2D eigenvalue weighted by molar-refractivity contribution is 5.77. The van der Waals surface area contributed by atoms with Crippen molar-refractivity contribution in [1.82, 2.24) is 9.80 Å². The molecule has 4 fully saturated rings. The van der Waals surface area contributed by atoms with Crippen molar-refractivity contribution >= 4 is 11.9 Å². The highest BCUT2D eigenvalue weighted by Crippen LogP contribution is 2.53. The number of carbonyl (C=O) groups excluding carboxylic acids is 2. The normalized spacial score (nSPS) is 29.9. The van der Waals surface area contributed by atoms with E-state index in [1.165, 1.54) is 11.1 Å². The van der Waals surface area contributed by atoms with Crippen molar-refractivity contribution in [3.63, 3.8) is 0 Å². The number of fused-ring (bicyclic) bond motifs is 2. The third kappa shape index (κ3) is 5.65. The minimum Gasteiger partial charge on any atom is -0.466 e. The average molecular weight is 491 g/mol. The number of nitrogens with zero attached hydrogens (tertiary/aromatic N) is 2. The maximum Gasteiger partial charge on any atom is 0.309 e. The first-order chi connectivity index (χ1) is 17.6. The molecule has 0 bridgehead atoms. The molecule has 2 saturated carbocycles. The zero-order valence-electron chi connectivity index (χ0n) is 21.4. The summed E-state index contributed by atoms with van der Waals surface area (Å²) in [5.41, 5.74) is 2.71. The molecule has 2 heterocycles. The highest BCUT2D eigenvalue weighted by atomic mass is 16.5. The van der Waals surface area contributed by atoms with Gasteiger partial charge in [0.15, 0.2) is 0 Å². The standard InChI is InChI=1S/2C15H19NO2/c2*1-2-18-15(17)14-12-9-16(10-13(12)14)8-11-6-4-3-5-7-11/h2*3-7,12-14H,2,8-10H2,1H3/t2*12-,13+,14?. The third-order valence-electron chi connectivity index (χ3n) is 8.15. The second-order valence-corrected chi connectivity index (χ2v) is 10.6. The van der Waals surface area contributed by atoms with Crippen molar-refractivity contribution in [2.75, 3.05) is 39.4 Å². The van der Waals surface area contributed by atoms with Crippen LogP contribution in [-0.2, 0) is 32.2 Å². The number of benzene rings is 2. The Morgan fingerprint density at radius 1 is 0.639 bits per heavy atom. The number of piperidine rings is 2. The quantitative estimate of drug-likeness (QED) is 0.524. The van der Waals surface area contributed by atoms with E-state index in [-0.39, 0.29) is 23.8 Å². The molecule has 4 aliphatic rings. The van der Waals surface area contributed by atoms with Gasteiger partial charge in [0.05, 0.1) is 25.0 Å². The van der Waals surface area contributed by atoms with Crippen LogP contribution in [0.2, 0.25) is 0 Å². The van der Waals surface area contributed by atoms with Crippen LogP contribution in [0.5, 0.6) is 0 Å². The van der Waals surface area contributed by atoms with Crippen molar-refractivity contribution < 1.29 is 19.1 Å². The molecule has 0 N–H and O–H groups in total. The Labute approximate surface area is 214 Å². The lowest BCUT2D eigenvalue weighted by molar-refractivity contribution is -0.146. The summed E-state index contributed by atoms with van der Waals surface area (Å²) in [6, 6.07) is 21.0. The van der Waals surface area contributed by atoms with Gasteiger partial charge >= 0.3 is 11.9 Å². The van der Waals surface area contributed by atoms with E-state index >= 15 is 0 Å². The van der Waals surface area contributed by atoms with Crippen molar-refractivity contribution in [2.24, 2.45) is 35.5 Å². The van der Waals surface area contributed by atoms with Crippen LogP contribution < -0.4 is 0 Å². The molecule has 6 atom stereocenters. The molecule has 2 aliphatic carbocycles. The van der Waals surface area contributed by atoms with E-state index in [1.54, 1.807) is 0 Å². The topological polar surface area (TPSA) is 59.1 Å². The second-order valence-electron chi connectivity index (χ2n) is 10.6. The summed E-state index contributed by atoms with van der Waals surface area (Å²) in [4.78, 5) is 28.2. The molecule has 0 spiro atoms. The molecule has 2 unspecified atom stereocenters. The monoisotopic (exact) mass is 490 g/mol. The Morgan fingerprint density at radius 3 is 1.28 bits per heavy atom. The van der Waals surface area contributed by atoms with Gasteiger partial charge in [-0.1, -0.05) is 60.7 Å². The maximum absolute atomic E-state index is 11.6. The number of carbonyl (C=O) groups is 2. The number of esters is 2. The van der Waals surface area contributed by atoms with Gasteiger partial charge in [0, 0.05) is 39.3 Å². The molecule has 6 heteroatoms. The molecule has 192 valence electrons. The van der Waals surface area contributed by atoms with Gasteiger partial charge < -0.3 is 9.47 Å². The fraction of sp³-hybridized carbons (Fsp3) is 0.533. The Kier molecular flexibility index (Phi) is 7.73. The predicted molar refractivity (Wildman–Crippen MR) is 138 cm³/mol. The Morgan fingerprint density at radius 2 is 0.972 bits per heavy atom. The number of hydrogen-bond acceptors (Lipinski definition) is 6. The van der Waals surface area contributed by atoms with Gasteiger partial charge in [0.1, 0.15) is 0 Å². The van der Waals surface area contributed by atoms with Crippen molar-refractivity contribution in [3.8, 4) is 0 Å². The lowest BCUT2D eigenvalue weighted by atomic mass is 10.2. The van der Waals surface area contributed by atoms with Gasteiger partial charge in [-0.2, -0.15) is 0 Å². The molecular weight excluding hydrogens is 452 g/mol. The molecule has 2 aromatic rings. The first kappa shape index (κ1) is 25.0. The van der Waals surface area contributed by atoms with Crippen LogP contribution in [0.25, 0.3) is 0 Å². The molecule has 0 amide bonds. The number of hydrogen-bond donors (Lipinski definition) is 0. The SMILES string of the molecule is CCOC(=O)C1[C@H]2CN(Cc3ccccc3)C[C@@H]12.CCOC(=O)C1[C@H]2CN(Cc3ccccc3)C[C@@H]12. The minimum atomic E-state index is 0.0202. The largest absolute Gasteiger partial charge is 0.466 e. The van der Waals surface area contributed by atoms with Crippen LogP contribution in [0.1, 0.15) is 25.0 Å². The van der Waals surface area contributed by atoms with Gasteiger partial charge in [-0.25, -0.2) is 0 Å². The molecule has 36 heavy (non-hydrogen) atoms.